The molecule has 0 aromatic carbocycles. The molecule has 30 heavy (non-hydrogen) atoms. The Labute approximate surface area is 176 Å². The van der Waals surface area contributed by atoms with Gasteiger partial charge in [0.15, 0.2) is 11.2 Å². The lowest BCUT2D eigenvalue weighted by Crippen LogP contribution is -2.38. The molecule has 0 aliphatic rings. The van der Waals surface area contributed by atoms with Crippen LogP contribution in [0.3, 0.4) is 0 Å². The molecule has 0 amide bonds. The quantitative estimate of drug-likeness (QED) is 0.503. The number of imidazole rings is 1. The first kappa shape index (κ1) is 21.8. The van der Waals surface area contributed by atoms with Crippen molar-refractivity contribution in [1.82, 2.24) is 23.7 Å². The molecule has 0 radical (unpaired) electrons. The van der Waals surface area contributed by atoms with Crippen molar-refractivity contribution in [1.29, 1.82) is 0 Å². The van der Waals surface area contributed by atoms with Gasteiger partial charge >= 0.3 is 5.69 Å². The van der Waals surface area contributed by atoms with Crippen LogP contribution in [0.25, 0.3) is 16.9 Å². The summed E-state index contributed by atoms with van der Waals surface area (Å²) in [5.41, 5.74) is 1.17. The van der Waals surface area contributed by atoms with Crippen LogP contribution in [0.4, 0.5) is 0 Å². The number of nitrogens with zero attached hydrogens (tertiary/aromatic N) is 5. The van der Waals surface area contributed by atoms with Gasteiger partial charge in [-0.25, -0.2) is 14.3 Å². The first-order valence-electron chi connectivity index (χ1n) is 10.7. The topological polar surface area (TPSA) is 83.9 Å². The third-order valence-corrected chi connectivity index (χ3v) is 5.54. The molecule has 3 aromatic heterocycles. The first-order valence-corrected chi connectivity index (χ1v) is 10.7. The van der Waals surface area contributed by atoms with E-state index in [0.717, 1.165) is 23.2 Å². The normalized spacial score (nSPS) is 11.4. The number of fused-ring (bicyclic) bond motifs is 1. The minimum Gasteiger partial charge on any atom is -0.494 e. The van der Waals surface area contributed by atoms with Crippen LogP contribution in [0.5, 0.6) is 5.75 Å². The first-order chi connectivity index (χ1) is 14.5. The summed E-state index contributed by atoms with van der Waals surface area (Å²) in [5.74, 6) is 1.31. The van der Waals surface area contributed by atoms with Gasteiger partial charge in [-0.05, 0) is 13.3 Å². The highest BCUT2D eigenvalue weighted by Gasteiger charge is 2.23. The second-order valence-corrected chi connectivity index (χ2v) is 7.55. The van der Waals surface area contributed by atoms with Gasteiger partial charge in [-0.2, -0.15) is 0 Å². The molecule has 8 heteroatoms. The summed E-state index contributed by atoms with van der Waals surface area (Å²) in [7, 11) is 3.05. The maximum absolute atomic E-state index is 13.2. The van der Waals surface area contributed by atoms with Crippen molar-refractivity contribution in [2.24, 2.45) is 7.05 Å². The van der Waals surface area contributed by atoms with Gasteiger partial charge in [-0.15, -0.1) is 0 Å². The maximum Gasteiger partial charge on any atom is 0.337 e. The number of aromatic nitrogens is 5. The molecule has 162 valence electrons. The number of unbranched alkanes of at least 4 members (excludes halogenated alkanes) is 4. The van der Waals surface area contributed by atoms with Gasteiger partial charge in [0.1, 0.15) is 17.3 Å². The molecule has 0 N–H and O–H groups in total. The van der Waals surface area contributed by atoms with E-state index in [9.17, 15) is 9.59 Å². The molecule has 0 spiro atoms. The van der Waals surface area contributed by atoms with Crippen LogP contribution < -0.4 is 16.0 Å². The summed E-state index contributed by atoms with van der Waals surface area (Å²) in [4.78, 5) is 35.3. The van der Waals surface area contributed by atoms with Crippen molar-refractivity contribution in [3.63, 3.8) is 0 Å². The highest BCUT2D eigenvalue weighted by molar-refractivity contribution is 5.74. The van der Waals surface area contributed by atoms with Crippen molar-refractivity contribution >= 4 is 11.2 Å². The van der Waals surface area contributed by atoms with E-state index in [1.54, 1.807) is 19.4 Å². The fraction of sp³-hybridized carbons (Fsp3) is 0.545. The highest BCUT2D eigenvalue weighted by atomic mass is 16.5. The molecule has 0 saturated heterocycles. The second kappa shape index (κ2) is 9.28. The summed E-state index contributed by atoms with van der Waals surface area (Å²) in [6.45, 7) is 6.72. The smallest absolute Gasteiger partial charge is 0.337 e. The zero-order valence-corrected chi connectivity index (χ0v) is 18.6. The van der Waals surface area contributed by atoms with Crippen LogP contribution in [0.1, 0.15) is 57.5 Å². The summed E-state index contributed by atoms with van der Waals surface area (Å²) < 4.78 is 10.1. The molecule has 0 fully saturated rings. The Morgan fingerprint density at radius 1 is 1.10 bits per heavy atom. The predicted molar refractivity (Wildman–Crippen MR) is 118 cm³/mol. The van der Waals surface area contributed by atoms with Crippen LogP contribution in [0.15, 0.2) is 21.9 Å². The van der Waals surface area contributed by atoms with E-state index in [4.69, 9.17) is 9.72 Å². The average Bonchev–Trinajstić information content (AvgIpc) is 3.11. The standard InChI is InChI=1S/C22H31N5O3/c1-6-8-9-10-11-14-26-17(7-2)24-20-19(26)21(28)25(4)22(29)27(20)18-15(3)23-13-12-16(18)30-5/h12-13H,6-11,14H2,1-5H3. The largest absolute Gasteiger partial charge is 0.494 e. The van der Waals surface area contributed by atoms with E-state index in [0.29, 0.717) is 41.3 Å². The predicted octanol–water partition coefficient (Wildman–Crippen LogP) is 3.13. The lowest BCUT2D eigenvalue weighted by molar-refractivity contribution is 0.411. The summed E-state index contributed by atoms with van der Waals surface area (Å²) >= 11 is 0. The number of methoxy groups -OCH3 is 1. The fourth-order valence-corrected chi connectivity index (χ4v) is 3.90. The molecule has 3 rings (SSSR count). The maximum atomic E-state index is 13.2. The van der Waals surface area contributed by atoms with Gasteiger partial charge in [0, 0.05) is 32.3 Å². The zero-order chi connectivity index (χ0) is 21.8. The van der Waals surface area contributed by atoms with Gasteiger partial charge in [0.05, 0.1) is 12.8 Å². The molecule has 0 aliphatic heterocycles. The molecule has 0 atom stereocenters. The average molecular weight is 414 g/mol. The van der Waals surface area contributed by atoms with Crippen molar-refractivity contribution < 1.29 is 4.74 Å². The van der Waals surface area contributed by atoms with Gasteiger partial charge < -0.3 is 9.30 Å². The van der Waals surface area contributed by atoms with E-state index < -0.39 is 5.69 Å². The van der Waals surface area contributed by atoms with Crippen LogP contribution in [-0.4, -0.2) is 30.8 Å². The van der Waals surface area contributed by atoms with E-state index in [-0.39, 0.29) is 5.56 Å². The molecule has 8 nitrogen and oxygen atoms in total. The van der Waals surface area contributed by atoms with Gasteiger partial charge in [-0.1, -0.05) is 39.5 Å². The van der Waals surface area contributed by atoms with E-state index in [1.165, 1.54) is 30.9 Å². The van der Waals surface area contributed by atoms with Crippen molar-refractivity contribution in [3.8, 4) is 11.4 Å². The molecule has 3 heterocycles. The number of rotatable bonds is 9. The molecular formula is C22H31N5O3. The molecule has 0 saturated carbocycles. The third-order valence-electron chi connectivity index (χ3n) is 5.54. The number of hydrogen-bond acceptors (Lipinski definition) is 5. The summed E-state index contributed by atoms with van der Waals surface area (Å²) in [6.07, 6.45) is 7.96. The van der Waals surface area contributed by atoms with Crippen molar-refractivity contribution in [3.05, 3.63) is 44.6 Å². The lowest BCUT2D eigenvalue weighted by Gasteiger charge is -2.15. The van der Waals surface area contributed by atoms with Crippen LogP contribution in [-0.2, 0) is 20.0 Å². The van der Waals surface area contributed by atoms with Crippen LogP contribution >= 0.6 is 0 Å². The summed E-state index contributed by atoms with van der Waals surface area (Å²) in [5, 5.41) is 0. The number of pyridine rings is 1. The van der Waals surface area contributed by atoms with Crippen molar-refractivity contribution in [2.45, 2.75) is 65.8 Å². The fourth-order valence-electron chi connectivity index (χ4n) is 3.90. The molecule has 0 bridgehead atoms. The van der Waals surface area contributed by atoms with Gasteiger partial charge in [0.25, 0.3) is 5.56 Å². The Bertz CT molecular complexity index is 1160. The van der Waals surface area contributed by atoms with E-state index >= 15 is 0 Å². The number of hydrogen-bond donors (Lipinski definition) is 0. The SMILES string of the molecule is CCCCCCCn1c(CC)nc2c1c(=O)n(C)c(=O)n2-c1c(OC)ccnc1C. The number of aryl methyl sites for hydroxylation is 3. The molecule has 0 aliphatic carbocycles. The zero-order valence-electron chi connectivity index (χ0n) is 18.6. The van der Waals surface area contributed by atoms with E-state index in [2.05, 4.69) is 11.9 Å². The second-order valence-electron chi connectivity index (χ2n) is 7.55. The van der Waals surface area contributed by atoms with E-state index in [1.807, 2.05) is 18.4 Å². The number of ether oxygens (including phenoxy) is 1. The lowest BCUT2D eigenvalue weighted by atomic mass is 10.1. The van der Waals surface area contributed by atoms with Crippen LogP contribution in [0.2, 0.25) is 0 Å². The molecule has 3 aromatic rings. The Morgan fingerprint density at radius 3 is 2.50 bits per heavy atom. The summed E-state index contributed by atoms with van der Waals surface area (Å²) in [6, 6.07) is 1.71. The Balaban J connectivity index is 2.26. The van der Waals surface area contributed by atoms with Crippen LogP contribution in [0, 0.1) is 6.92 Å². The Hall–Kier alpha value is -2.90. The minimum atomic E-state index is -0.461. The Morgan fingerprint density at radius 2 is 1.83 bits per heavy atom. The monoisotopic (exact) mass is 413 g/mol. The minimum absolute atomic E-state index is 0.326. The molecule has 0 unspecified atom stereocenters. The Kier molecular flexibility index (Phi) is 6.74. The van der Waals surface area contributed by atoms with Gasteiger partial charge in [0.2, 0.25) is 0 Å². The third kappa shape index (κ3) is 3.78. The van der Waals surface area contributed by atoms with Gasteiger partial charge in [-0.3, -0.25) is 14.3 Å². The highest BCUT2D eigenvalue weighted by Crippen LogP contribution is 2.26. The van der Waals surface area contributed by atoms with Crippen molar-refractivity contribution in [2.75, 3.05) is 7.11 Å². The molecular weight excluding hydrogens is 382 g/mol.